The molecule has 2 heteroatoms. The van der Waals surface area contributed by atoms with E-state index < -0.39 is 0 Å². The summed E-state index contributed by atoms with van der Waals surface area (Å²) in [6.07, 6.45) is 9.30. The first-order valence-corrected chi connectivity index (χ1v) is 7.41. The minimum Gasteiger partial charge on any atom is -0.307 e. The lowest BCUT2D eigenvalue weighted by Crippen LogP contribution is -2.41. The predicted molar refractivity (Wildman–Crippen MR) is 73.2 cm³/mol. The lowest BCUT2D eigenvalue weighted by atomic mass is 9.75. The molecule has 17 heavy (non-hydrogen) atoms. The smallest absolute Gasteiger partial charge is 0.155 e. The number of Topliss-reactive ketones (excluding diaryl/α,β-unsaturated/α-hetero) is 1. The van der Waals surface area contributed by atoms with Crippen molar-refractivity contribution in [3.8, 4) is 0 Å². The molecule has 0 radical (unpaired) electrons. The molecule has 0 aromatic rings. The van der Waals surface area contributed by atoms with Crippen molar-refractivity contribution in [1.82, 2.24) is 5.32 Å². The number of hydrogen-bond acceptors (Lipinski definition) is 2. The average Bonchev–Trinajstić information content (AvgIpc) is 2.87. The molecule has 0 bridgehead atoms. The summed E-state index contributed by atoms with van der Waals surface area (Å²) in [6, 6.07) is 0.145. The van der Waals surface area contributed by atoms with Crippen LogP contribution in [0.2, 0.25) is 0 Å². The number of carbonyl (C=O) groups excluding carboxylic acids is 1. The highest BCUT2D eigenvalue weighted by Crippen LogP contribution is 2.32. The van der Waals surface area contributed by atoms with Crippen molar-refractivity contribution in [3.63, 3.8) is 0 Å². The third-order valence-corrected chi connectivity index (χ3v) is 4.33. The van der Waals surface area contributed by atoms with Crippen LogP contribution in [-0.4, -0.2) is 18.4 Å². The van der Waals surface area contributed by atoms with Crippen LogP contribution in [0.4, 0.5) is 0 Å². The fraction of sp³-hybridized carbons (Fsp3) is 0.933. The van der Waals surface area contributed by atoms with Gasteiger partial charge in [0, 0.05) is 5.41 Å². The second kappa shape index (κ2) is 7.15. The van der Waals surface area contributed by atoms with E-state index in [0.717, 1.165) is 32.2 Å². The maximum Gasteiger partial charge on any atom is 0.155 e. The molecule has 1 rings (SSSR count). The quantitative estimate of drug-likeness (QED) is 0.654. The summed E-state index contributed by atoms with van der Waals surface area (Å²) in [4.78, 5) is 12.5. The van der Waals surface area contributed by atoms with E-state index >= 15 is 0 Å². The van der Waals surface area contributed by atoms with Crippen LogP contribution in [0.15, 0.2) is 0 Å². The van der Waals surface area contributed by atoms with Gasteiger partial charge in [0.1, 0.15) is 0 Å². The number of nitrogens with one attached hydrogen (secondary N) is 1. The molecule has 0 aliphatic carbocycles. The van der Waals surface area contributed by atoms with Crippen LogP contribution in [0.3, 0.4) is 0 Å². The normalized spacial score (nSPS) is 23.6. The summed E-state index contributed by atoms with van der Waals surface area (Å²) in [7, 11) is 0. The van der Waals surface area contributed by atoms with Gasteiger partial charge in [-0.15, -0.1) is 0 Å². The van der Waals surface area contributed by atoms with E-state index in [-0.39, 0.29) is 11.5 Å². The minimum atomic E-state index is -0.0876. The average molecular weight is 239 g/mol. The third kappa shape index (κ3) is 4.09. The zero-order chi connectivity index (χ0) is 12.7. The van der Waals surface area contributed by atoms with Gasteiger partial charge in [-0.05, 0) is 32.2 Å². The van der Waals surface area contributed by atoms with E-state index in [1.165, 1.54) is 25.7 Å². The second-order valence-electron chi connectivity index (χ2n) is 5.74. The summed E-state index contributed by atoms with van der Waals surface area (Å²) < 4.78 is 0. The van der Waals surface area contributed by atoms with Crippen molar-refractivity contribution in [2.45, 2.75) is 78.2 Å². The highest BCUT2D eigenvalue weighted by Gasteiger charge is 2.36. The summed E-state index contributed by atoms with van der Waals surface area (Å²) in [5.74, 6) is 0.467. The predicted octanol–water partition coefficient (Wildman–Crippen LogP) is 3.69. The van der Waals surface area contributed by atoms with E-state index in [1.807, 2.05) is 0 Å². The monoisotopic (exact) mass is 239 g/mol. The van der Waals surface area contributed by atoms with Gasteiger partial charge in [-0.25, -0.2) is 0 Å². The lowest BCUT2D eigenvalue weighted by Gasteiger charge is -2.29. The van der Waals surface area contributed by atoms with E-state index in [1.54, 1.807) is 0 Å². The van der Waals surface area contributed by atoms with Crippen LogP contribution in [0, 0.1) is 5.41 Å². The molecule has 1 saturated heterocycles. The van der Waals surface area contributed by atoms with Crippen LogP contribution < -0.4 is 5.32 Å². The molecule has 0 aromatic carbocycles. The van der Waals surface area contributed by atoms with Crippen molar-refractivity contribution >= 4 is 5.78 Å². The molecule has 100 valence electrons. The van der Waals surface area contributed by atoms with E-state index in [4.69, 9.17) is 0 Å². The number of ketones is 1. The standard InChI is InChI=1S/C15H29NO/c1-4-6-7-8-11-15(3,5-2)14(17)13-10-9-12-16-13/h13,16H,4-12H2,1-3H3/t13-,15?/m1/s1. The highest BCUT2D eigenvalue weighted by molar-refractivity contribution is 5.89. The minimum absolute atomic E-state index is 0.0876. The van der Waals surface area contributed by atoms with Gasteiger partial charge in [-0.3, -0.25) is 4.79 Å². The summed E-state index contributed by atoms with van der Waals surface area (Å²) in [5.41, 5.74) is -0.0876. The molecular formula is C15H29NO. The fourth-order valence-electron chi connectivity index (χ4n) is 2.75. The van der Waals surface area contributed by atoms with Gasteiger partial charge in [0.15, 0.2) is 5.78 Å². The number of rotatable bonds is 8. The second-order valence-corrected chi connectivity index (χ2v) is 5.74. The van der Waals surface area contributed by atoms with Crippen molar-refractivity contribution in [1.29, 1.82) is 0 Å². The lowest BCUT2D eigenvalue weighted by molar-refractivity contribution is -0.130. The van der Waals surface area contributed by atoms with Crippen molar-refractivity contribution in [3.05, 3.63) is 0 Å². The van der Waals surface area contributed by atoms with Gasteiger partial charge >= 0.3 is 0 Å². The molecule has 2 atom stereocenters. The SMILES string of the molecule is CCCCCCC(C)(CC)C(=O)[C@H]1CCCN1. The van der Waals surface area contributed by atoms with Crippen molar-refractivity contribution in [2.75, 3.05) is 6.54 Å². The molecule has 0 amide bonds. The first-order valence-electron chi connectivity index (χ1n) is 7.41. The fourth-order valence-corrected chi connectivity index (χ4v) is 2.75. The Morgan fingerprint density at radius 3 is 2.59 bits per heavy atom. The Morgan fingerprint density at radius 2 is 2.06 bits per heavy atom. The Balaban J connectivity index is 2.44. The van der Waals surface area contributed by atoms with E-state index in [2.05, 4.69) is 26.1 Å². The van der Waals surface area contributed by atoms with Gasteiger partial charge in [0.05, 0.1) is 6.04 Å². The zero-order valence-corrected chi connectivity index (χ0v) is 11.8. The zero-order valence-electron chi connectivity index (χ0n) is 11.8. The molecule has 1 N–H and O–H groups in total. The molecule has 1 heterocycles. The Kier molecular flexibility index (Phi) is 6.18. The number of unbranched alkanes of at least 4 members (excludes halogenated alkanes) is 3. The topological polar surface area (TPSA) is 29.1 Å². The van der Waals surface area contributed by atoms with Crippen LogP contribution in [0.25, 0.3) is 0 Å². The molecular weight excluding hydrogens is 210 g/mol. The maximum atomic E-state index is 12.5. The largest absolute Gasteiger partial charge is 0.307 e. The number of carbonyl (C=O) groups is 1. The van der Waals surface area contributed by atoms with Crippen LogP contribution in [-0.2, 0) is 4.79 Å². The summed E-state index contributed by atoms with van der Waals surface area (Å²) in [6.45, 7) is 7.58. The van der Waals surface area contributed by atoms with Gasteiger partial charge in [-0.2, -0.15) is 0 Å². The molecule has 2 nitrogen and oxygen atoms in total. The van der Waals surface area contributed by atoms with Crippen LogP contribution >= 0.6 is 0 Å². The molecule has 0 saturated carbocycles. The summed E-state index contributed by atoms with van der Waals surface area (Å²) in [5, 5.41) is 3.35. The Morgan fingerprint density at radius 1 is 1.29 bits per heavy atom. The first kappa shape index (κ1) is 14.7. The van der Waals surface area contributed by atoms with Crippen LogP contribution in [0.5, 0.6) is 0 Å². The molecule has 1 fully saturated rings. The number of hydrogen-bond donors (Lipinski definition) is 1. The Hall–Kier alpha value is -0.370. The molecule has 1 unspecified atom stereocenters. The highest BCUT2D eigenvalue weighted by atomic mass is 16.1. The molecule has 1 aliphatic rings. The molecule has 0 spiro atoms. The van der Waals surface area contributed by atoms with E-state index in [9.17, 15) is 4.79 Å². The molecule has 0 aromatic heterocycles. The Bertz CT molecular complexity index is 233. The summed E-state index contributed by atoms with van der Waals surface area (Å²) >= 11 is 0. The van der Waals surface area contributed by atoms with Gasteiger partial charge in [-0.1, -0.05) is 46.5 Å². The third-order valence-electron chi connectivity index (χ3n) is 4.33. The van der Waals surface area contributed by atoms with Gasteiger partial charge in [0.2, 0.25) is 0 Å². The first-order chi connectivity index (χ1) is 8.14. The van der Waals surface area contributed by atoms with E-state index in [0.29, 0.717) is 5.78 Å². The van der Waals surface area contributed by atoms with Crippen molar-refractivity contribution < 1.29 is 4.79 Å². The Labute approximate surface area is 107 Å². The molecule has 1 aliphatic heterocycles. The van der Waals surface area contributed by atoms with Gasteiger partial charge < -0.3 is 5.32 Å². The van der Waals surface area contributed by atoms with Crippen molar-refractivity contribution in [2.24, 2.45) is 5.41 Å². The van der Waals surface area contributed by atoms with Gasteiger partial charge in [0.25, 0.3) is 0 Å². The van der Waals surface area contributed by atoms with Crippen LogP contribution in [0.1, 0.15) is 72.1 Å². The maximum absolute atomic E-state index is 12.5.